The number of nitrogens with zero attached hydrogens (tertiary/aromatic N) is 2. The molecule has 0 aliphatic carbocycles. The van der Waals surface area contributed by atoms with E-state index in [1.54, 1.807) is 0 Å². The molecule has 1 amide bonds. The standard InChI is InChI=1S/C43H49N2O8PSi/c1-31(53-55(6,7)43(2,3)4)39-38(29-34(46)27-28-51-5)44(40(39)47)41(42(48)52-30-32-23-25-33(26-24-32)45(49)50)54(35-17-11-8-12-18-35,36-19-13-9-14-20-36)37-21-15-10-16-22-37/h8-28,31,38-39H,29-30H2,1-7H3/t31-,38-,39-/m1/s1. The lowest BCUT2D eigenvalue weighted by Crippen LogP contribution is -2.69. The van der Waals surface area contributed by atoms with Crippen LogP contribution in [0, 0.1) is 16.0 Å². The van der Waals surface area contributed by atoms with E-state index in [-0.39, 0.29) is 40.9 Å². The number of nitro groups is 1. The van der Waals surface area contributed by atoms with Crippen LogP contribution in [0.2, 0.25) is 18.1 Å². The van der Waals surface area contributed by atoms with E-state index in [1.807, 2.05) is 97.9 Å². The van der Waals surface area contributed by atoms with Gasteiger partial charge in [0.2, 0.25) is 5.91 Å². The number of amides is 1. The van der Waals surface area contributed by atoms with Crippen molar-refractivity contribution in [2.24, 2.45) is 5.92 Å². The summed E-state index contributed by atoms with van der Waals surface area (Å²) in [4.78, 5) is 56.2. The summed E-state index contributed by atoms with van der Waals surface area (Å²) >= 11 is 0. The van der Waals surface area contributed by atoms with Crippen molar-refractivity contribution in [3.8, 4) is 0 Å². The molecule has 1 fully saturated rings. The maximum absolute atomic E-state index is 15.2. The number of carbonyl (C=O) groups is 3. The molecule has 1 aliphatic heterocycles. The average molecular weight is 781 g/mol. The lowest BCUT2D eigenvalue weighted by Gasteiger charge is -2.52. The largest absolute Gasteiger partial charge is 0.504 e. The third kappa shape index (κ3) is 8.59. The molecule has 12 heteroatoms. The van der Waals surface area contributed by atoms with Crippen LogP contribution in [0.3, 0.4) is 0 Å². The maximum Gasteiger partial charge on any atom is 0.356 e. The summed E-state index contributed by atoms with van der Waals surface area (Å²) in [6, 6.07) is 33.9. The summed E-state index contributed by atoms with van der Waals surface area (Å²) in [6.45, 7) is 9.01. The summed E-state index contributed by atoms with van der Waals surface area (Å²) in [5.74, 6) is -2.10. The van der Waals surface area contributed by atoms with E-state index < -0.39 is 44.2 Å². The van der Waals surface area contributed by atoms with Gasteiger partial charge < -0.3 is 18.8 Å². The number of rotatable bonds is 15. The van der Waals surface area contributed by atoms with Crippen molar-refractivity contribution >= 4 is 59.9 Å². The van der Waals surface area contributed by atoms with E-state index in [2.05, 4.69) is 33.9 Å². The molecule has 1 saturated heterocycles. The highest BCUT2D eigenvalue weighted by atomic mass is 31.2. The number of allylic oxidation sites excluding steroid dienone is 1. The van der Waals surface area contributed by atoms with E-state index in [4.69, 9.17) is 13.9 Å². The second-order valence-corrected chi connectivity index (χ2v) is 23.2. The molecule has 288 valence electrons. The fraction of sp³-hybridized carbons (Fsp3) is 0.302. The zero-order valence-electron chi connectivity index (χ0n) is 32.4. The van der Waals surface area contributed by atoms with E-state index in [1.165, 1.54) is 48.6 Å². The molecular weight excluding hydrogens is 732 g/mol. The molecule has 0 N–H and O–H groups in total. The molecule has 0 aromatic heterocycles. The average Bonchev–Trinajstić information content (AvgIpc) is 3.16. The summed E-state index contributed by atoms with van der Waals surface area (Å²) in [7, 11) is -0.933. The Bertz CT molecular complexity index is 1980. The first-order valence-corrected chi connectivity index (χ1v) is 22.9. The first kappa shape index (κ1) is 41.1. The second-order valence-electron chi connectivity index (χ2n) is 15.1. The molecule has 0 spiro atoms. The summed E-state index contributed by atoms with van der Waals surface area (Å²) < 4.78 is 18.0. The van der Waals surface area contributed by atoms with Crippen LogP contribution in [0.15, 0.2) is 128 Å². The summed E-state index contributed by atoms with van der Waals surface area (Å²) in [5, 5.41) is 13.6. The molecule has 10 nitrogen and oxygen atoms in total. The maximum atomic E-state index is 15.2. The van der Waals surface area contributed by atoms with Gasteiger partial charge in [0.25, 0.3) is 5.69 Å². The number of esters is 1. The smallest absolute Gasteiger partial charge is 0.356 e. The number of β-lactam (4-membered cyclic amide) rings is 1. The van der Waals surface area contributed by atoms with Gasteiger partial charge in [0.05, 0.1) is 36.4 Å². The third-order valence-corrected chi connectivity index (χ3v) is 19.4. The van der Waals surface area contributed by atoms with Crippen molar-refractivity contribution in [2.45, 2.75) is 71.0 Å². The van der Waals surface area contributed by atoms with Crippen LogP contribution in [0.1, 0.15) is 39.7 Å². The van der Waals surface area contributed by atoms with Crippen molar-refractivity contribution < 1.29 is 33.2 Å². The number of hydrogen-bond acceptors (Lipinski definition) is 8. The van der Waals surface area contributed by atoms with Gasteiger partial charge in [-0.2, -0.15) is 0 Å². The fourth-order valence-electron chi connectivity index (χ4n) is 6.79. The first-order chi connectivity index (χ1) is 26.1. The van der Waals surface area contributed by atoms with E-state index in [0.717, 1.165) is 15.9 Å². The number of hydrogen-bond donors (Lipinski definition) is 0. The van der Waals surface area contributed by atoms with Gasteiger partial charge in [0, 0.05) is 31.5 Å². The van der Waals surface area contributed by atoms with Gasteiger partial charge in [-0.1, -0.05) is 112 Å². The predicted molar refractivity (Wildman–Crippen MR) is 221 cm³/mol. The van der Waals surface area contributed by atoms with Gasteiger partial charge in [-0.05, 0) is 58.7 Å². The van der Waals surface area contributed by atoms with E-state index >= 15 is 9.59 Å². The van der Waals surface area contributed by atoms with Crippen LogP contribution in [-0.2, 0) is 34.9 Å². The van der Waals surface area contributed by atoms with Gasteiger partial charge in [-0.25, -0.2) is 4.79 Å². The molecular formula is C43H49N2O8PSi. The van der Waals surface area contributed by atoms with Crippen LogP contribution in [0.25, 0.3) is 0 Å². The summed E-state index contributed by atoms with van der Waals surface area (Å²) in [5.41, 5.74) is 0.570. The van der Waals surface area contributed by atoms with Crippen molar-refractivity contribution in [3.63, 3.8) is 0 Å². The molecule has 1 heterocycles. The minimum absolute atomic E-state index is 0.0919. The van der Waals surface area contributed by atoms with Crippen molar-refractivity contribution in [1.82, 2.24) is 4.90 Å². The van der Waals surface area contributed by atoms with Gasteiger partial charge in [-0.15, -0.1) is 0 Å². The number of ketones is 1. The van der Waals surface area contributed by atoms with Crippen LogP contribution in [0.4, 0.5) is 5.69 Å². The number of non-ortho nitro benzene ring substituents is 1. The fourth-order valence-corrected chi connectivity index (χ4v) is 12.6. The lowest BCUT2D eigenvalue weighted by atomic mass is 9.80. The topological polar surface area (TPSA) is 125 Å². The van der Waals surface area contributed by atoms with Crippen molar-refractivity contribution in [3.05, 3.63) is 143 Å². The number of carbonyl (C=O) groups excluding carboxylic acids is 3. The number of nitro benzene ring substituents is 1. The monoisotopic (exact) mass is 780 g/mol. The zero-order chi connectivity index (χ0) is 40.0. The molecule has 0 saturated carbocycles. The Balaban J connectivity index is 1.81. The third-order valence-electron chi connectivity index (χ3n) is 10.5. The van der Waals surface area contributed by atoms with Crippen LogP contribution in [0.5, 0.6) is 0 Å². The SMILES string of the molecule is COC=CC(=O)C[C@@H]1[C@@H]([C@@H](C)O[Si](C)(C)C(C)(C)C)C(=O)N1C(C(=O)OCc1ccc([N+](=O)[O-])cc1)=P(c1ccccc1)(c1ccccc1)c1ccccc1. The molecule has 0 bridgehead atoms. The minimum Gasteiger partial charge on any atom is -0.504 e. The Hall–Kier alpha value is -5.09. The van der Waals surface area contributed by atoms with E-state index in [9.17, 15) is 14.9 Å². The molecule has 55 heavy (non-hydrogen) atoms. The van der Waals surface area contributed by atoms with Gasteiger partial charge in [-0.3, -0.25) is 19.7 Å². The second kappa shape index (κ2) is 17.1. The van der Waals surface area contributed by atoms with Crippen LogP contribution >= 0.6 is 6.89 Å². The van der Waals surface area contributed by atoms with Crippen molar-refractivity contribution in [1.29, 1.82) is 0 Å². The Labute approximate surface area is 324 Å². The molecule has 0 unspecified atom stereocenters. The highest BCUT2D eigenvalue weighted by Crippen LogP contribution is 2.50. The highest BCUT2D eigenvalue weighted by molar-refractivity contribution is 7.96. The number of likely N-dealkylation sites (tertiary alicyclic amines) is 1. The molecule has 4 aromatic carbocycles. The highest BCUT2D eigenvalue weighted by Gasteiger charge is 2.57. The normalized spacial score (nSPS) is 16.6. The molecule has 4 aromatic rings. The van der Waals surface area contributed by atoms with Gasteiger partial charge in [0.1, 0.15) is 12.0 Å². The Morgan fingerprint density at radius 3 is 1.80 bits per heavy atom. The zero-order valence-corrected chi connectivity index (χ0v) is 34.3. The predicted octanol–water partition coefficient (Wildman–Crippen LogP) is 7.12. The van der Waals surface area contributed by atoms with Crippen molar-refractivity contribution in [2.75, 3.05) is 7.11 Å². The molecule has 5 rings (SSSR count). The Kier molecular flexibility index (Phi) is 12.8. The van der Waals surface area contributed by atoms with Gasteiger partial charge >= 0.3 is 5.97 Å². The Morgan fingerprint density at radius 2 is 1.36 bits per heavy atom. The molecule has 3 atom stereocenters. The van der Waals surface area contributed by atoms with Crippen LogP contribution < -0.4 is 15.9 Å². The molecule has 0 radical (unpaired) electrons. The Morgan fingerprint density at radius 1 is 0.873 bits per heavy atom. The minimum atomic E-state index is -3.27. The van der Waals surface area contributed by atoms with Crippen LogP contribution in [-0.4, -0.2) is 60.5 Å². The van der Waals surface area contributed by atoms with Gasteiger partial charge in [0.15, 0.2) is 14.1 Å². The lowest BCUT2D eigenvalue weighted by molar-refractivity contribution is -0.384. The number of ether oxygens (including phenoxy) is 2. The number of methoxy groups -OCH3 is 1. The first-order valence-electron chi connectivity index (χ1n) is 18.2. The quantitative estimate of drug-likeness (QED) is 0.0183. The molecule has 1 aliphatic rings. The number of benzene rings is 4. The van der Waals surface area contributed by atoms with E-state index in [0.29, 0.717) is 5.56 Å². The summed E-state index contributed by atoms with van der Waals surface area (Å²) in [6.07, 6.45) is 1.97.